The van der Waals surface area contributed by atoms with Gasteiger partial charge in [0.25, 0.3) is 0 Å². The molecule has 10 heteroatoms. The molecular weight excluding hydrogens is 608 g/mol. The van der Waals surface area contributed by atoms with E-state index in [-0.39, 0.29) is 58.9 Å². The Morgan fingerprint density at radius 2 is 1.65 bits per heavy atom. The Morgan fingerprint density at radius 1 is 0.935 bits per heavy atom. The Balaban J connectivity index is 1.31. The quantitative estimate of drug-likeness (QED) is 0.279. The number of imide groups is 2. The van der Waals surface area contributed by atoms with E-state index in [9.17, 15) is 29.4 Å². The van der Waals surface area contributed by atoms with Crippen molar-refractivity contribution in [3.63, 3.8) is 0 Å². The highest BCUT2D eigenvalue weighted by Gasteiger charge is 2.67. The van der Waals surface area contributed by atoms with Gasteiger partial charge in [0.15, 0.2) is 11.5 Å². The lowest BCUT2D eigenvalue weighted by atomic mass is 9.51. The van der Waals surface area contributed by atoms with Crippen LogP contribution in [0.3, 0.4) is 0 Å². The van der Waals surface area contributed by atoms with E-state index in [1.54, 1.807) is 67.6 Å². The number of allylic oxidation sites excluding steroid dienone is 2. The predicted molar refractivity (Wildman–Crippen MR) is 169 cm³/mol. The monoisotopic (exact) mass is 640 g/mol. The molecule has 2 aliphatic heterocycles. The van der Waals surface area contributed by atoms with Crippen LogP contribution in [0, 0.1) is 29.1 Å². The van der Waals surface area contributed by atoms with Crippen molar-refractivity contribution in [2.75, 3.05) is 18.6 Å². The Morgan fingerprint density at radius 3 is 2.35 bits per heavy atom. The Labute approximate surface area is 271 Å². The second-order valence-electron chi connectivity index (χ2n) is 12.8. The van der Waals surface area contributed by atoms with Crippen LogP contribution in [0.25, 0.3) is 0 Å². The second kappa shape index (κ2) is 11.0. The molecule has 0 bridgehead atoms. The molecule has 4 aliphatic rings. The van der Waals surface area contributed by atoms with Crippen molar-refractivity contribution in [3.05, 3.63) is 94.5 Å². The molecule has 2 N–H and O–H groups in total. The third-order valence-electron chi connectivity index (χ3n) is 10.5. The zero-order valence-corrected chi connectivity index (χ0v) is 26.1. The van der Waals surface area contributed by atoms with Gasteiger partial charge in [-0.3, -0.25) is 24.1 Å². The van der Waals surface area contributed by atoms with Crippen LogP contribution in [0.5, 0.6) is 17.2 Å². The number of benzene rings is 3. The van der Waals surface area contributed by atoms with E-state index in [4.69, 9.17) is 16.3 Å². The third kappa shape index (κ3) is 4.35. The number of ether oxygens (including phenoxy) is 1. The molecule has 46 heavy (non-hydrogen) atoms. The number of hydrogen-bond donors (Lipinski definition) is 2. The maximum atomic E-state index is 14.5. The summed E-state index contributed by atoms with van der Waals surface area (Å²) in [6.45, 7) is 2.00. The van der Waals surface area contributed by atoms with Crippen molar-refractivity contribution >= 4 is 40.9 Å². The van der Waals surface area contributed by atoms with Crippen LogP contribution in [0.4, 0.5) is 5.69 Å². The number of rotatable bonds is 6. The minimum Gasteiger partial charge on any atom is -0.508 e. The summed E-state index contributed by atoms with van der Waals surface area (Å²) >= 11 is 6.48. The number of halogens is 1. The highest BCUT2D eigenvalue weighted by molar-refractivity contribution is 6.32. The number of hydrogen-bond acceptors (Lipinski definition) is 7. The van der Waals surface area contributed by atoms with E-state index in [1.165, 1.54) is 16.9 Å². The van der Waals surface area contributed by atoms with Crippen LogP contribution in [-0.2, 0) is 25.6 Å². The van der Waals surface area contributed by atoms with Crippen LogP contribution in [0.2, 0.25) is 5.02 Å². The molecule has 3 aromatic carbocycles. The molecule has 9 nitrogen and oxygen atoms in total. The SMILES string of the molecule is COc1cc([C@H]2C3=CC[C@@H]4C(=O)N(CCc5ccc(O)cc5)C(=O)[C@@H]4[C@@H]3C[C@H]3C(=O)N(c4ccccc4)C(=O)[C@@]23C)cc(Cl)c1O. The van der Waals surface area contributed by atoms with Crippen LogP contribution >= 0.6 is 11.6 Å². The van der Waals surface area contributed by atoms with Crippen molar-refractivity contribution in [2.45, 2.75) is 32.1 Å². The van der Waals surface area contributed by atoms with Crippen molar-refractivity contribution in [1.82, 2.24) is 4.90 Å². The number of phenols is 2. The predicted octanol–water partition coefficient (Wildman–Crippen LogP) is 5.23. The van der Waals surface area contributed by atoms with Crippen LogP contribution in [-0.4, -0.2) is 52.4 Å². The fourth-order valence-electron chi connectivity index (χ4n) is 8.32. The zero-order chi connectivity index (χ0) is 32.5. The minimum absolute atomic E-state index is 0.0372. The van der Waals surface area contributed by atoms with E-state index >= 15 is 0 Å². The van der Waals surface area contributed by atoms with Gasteiger partial charge in [-0.2, -0.15) is 0 Å². The van der Waals surface area contributed by atoms with E-state index in [0.29, 0.717) is 24.1 Å². The summed E-state index contributed by atoms with van der Waals surface area (Å²) in [6.07, 6.45) is 2.97. The van der Waals surface area contributed by atoms with Gasteiger partial charge < -0.3 is 14.9 Å². The number of methoxy groups -OCH3 is 1. The third-order valence-corrected chi connectivity index (χ3v) is 10.8. The minimum atomic E-state index is -1.24. The Kier molecular flexibility index (Phi) is 7.20. The van der Waals surface area contributed by atoms with E-state index in [0.717, 1.165) is 11.1 Å². The van der Waals surface area contributed by atoms with Gasteiger partial charge in [0.1, 0.15) is 5.75 Å². The Hall–Kier alpha value is -4.63. The summed E-state index contributed by atoms with van der Waals surface area (Å²) in [5.74, 6) is -4.35. The number of nitrogens with zero attached hydrogens (tertiary/aromatic N) is 2. The fraction of sp³-hybridized carbons (Fsp3) is 0.333. The average molecular weight is 641 g/mol. The zero-order valence-electron chi connectivity index (χ0n) is 25.4. The molecule has 3 fully saturated rings. The number of fused-ring (bicyclic) bond motifs is 4. The van der Waals surface area contributed by atoms with Crippen LogP contribution in [0.15, 0.2) is 78.4 Å². The standard InChI is InChI=1S/C36H33ClN2O7/c1-36-26(33(43)39(35(36)45)21-6-4-3-5-7-21)18-25-23(30(36)20-16-27(37)31(41)28(17-20)46-2)12-13-24-29(25)34(44)38(32(24)42)15-14-19-8-10-22(40)11-9-19/h3-12,16-17,24-26,29-30,40-41H,13-15,18H2,1-2H3/t24-,25+,26-,29-,30-,36+/m0/s1. The molecule has 1 saturated carbocycles. The molecule has 2 heterocycles. The van der Waals surface area contributed by atoms with Crippen molar-refractivity contribution in [3.8, 4) is 17.2 Å². The van der Waals surface area contributed by atoms with Crippen LogP contribution in [0.1, 0.15) is 36.8 Å². The molecule has 0 radical (unpaired) electrons. The van der Waals surface area contributed by atoms with Gasteiger partial charge in [-0.05, 0) is 79.6 Å². The maximum Gasteiger partial charge on any atom is 0.241 e. The topological polar surface area (TPSA) is 124 Å². The Bertz CT molecular complexity index is 1810. The molecule has 6 atom stereocenters. The number of para-hydroxylation sites is 1. The van der Waals surface area contributed by atoms with Crippen molar-refractivity contribution < 1.29 is 34.1 Å². The maximum absolute atomic E-state index is 14.5. The lowest BCUT2D eigenvalue weighted by molar-refractivity contribution is -0.140. The summed E-state index contributed by atoms with van der Waals surface area (Å²) in [4.78, 5) is 59.2. The molecule has 0 aromatic heterocycles. The van der Waals surface area contributed by atoms with E-state index in [1.807, 2.05) is 12.1 Å². The van der Waals surface area contributed by atoms with Gasteiger partial charge in [-0.25, -0.2) is 4.90 Å². The molecular formula is C36H33ClN2O7. The molecule has 0 unspecified atom stereocenters. The van der Waals surface area contributed by atoms with Crippen molar-refractivity contribution in [1.29, 1.82) is 0 Å². The molecule has 0 spiro atoms. The van der Waals surface area contributed by atoms with Gasteiger partial charge in [0.05, 0.1) is 41.0 Å². The summed E-state index contributed by atoms with van der Waals surface area (Å²) in [5.41, 5.74) is 1.52. The highest BCUT2D eigenvalue weighted by atomic mass is 35.5. The molecule has 2 aliphatic carbocycles. The first-order chi connectivity index (χ1) is 22.1. The first kappa shape index (κ1) is 30.0. The van der Waals surface area contributed by atoms with Gasteiger partial charge in [-0.15, -0.1) is 0 Å². The first-order valence-corrected chi connectivity index (χ1v) is 15.8. The molecule has 7 rings (SSSR count). The lowest BCUT2D eigenvalue weighted by Crippen LogP contribution is -2.48. The highest BCUT2D eigenvalue weighted by Crippen LogP contribution is 2.64. The summed E-state index contributed by atoms with van der Waals surface area (Å²) in [7, 11) is 1.41. The number of anilines is 1. The fourth-order valence-corrected chi connectivity index (χ4v) is 8.54. The molecule has 3 aromatic rings. The normalized spacial score (nSPS) is 28.6. The number of aromatic hydroxyl groups is 2. The van der Waals surface area contributed by atoms with Gasteiger partial charge in [0, 0.05) is 12.5 Å². The summed E-state index contributed by atoms with van der Waals surface area (Å²) < 4.78 is 5.42. The summed E-state index contributed by atoms with van der Waals surface area (Å²) in [5, 5.41) is 20.2. The largest absolute Gasteiger partial charge is 0.508 e. The average Bonchev–Trinajstić information content (AvgIpc) is 3.41. The number of phenolic OH excluding ortho intramolecular Hbond substituents is 2. The van der Waals surface area contributed by atoms with Gasteiger partial charge in [0.2, 0.25) is 23.6 Å². The first-order valence-electron chi connectivity index (χ1n) is 15.4. The summed E-state index contributed by atoms with van der Waals surface area (Å²) in [6, 6.07) is 18.7. The molecule has 236 valence electrons. The number of carbonyl (C=O) groups excluding carboxylic acids is 4. The molecule has 4 amide bonds. The lowest BCUT2D eigenvalue weighted by Gasteiger charge is -2.49. The van der Waals surface area contributed by atoms with Crippen molar-refractivity contribution in [2.24, 2.45) is 29.1 Å². The van der Waals surface area contributed by atoms with E-state index < -0.39 is 35.0 Å². The molecule has 2 saturated heterocycles. The van der Waals surface area contributed by atoms with Gasteiger partial charge in [-0.1, -0.05) is 53.6 Å². The number of likely N-dealkylation sites (tertiary alicyclic amines) is 1. The smallest absolute Gasteiger partial charge is 0.241 e. The second-order valence-corrected chi connectivity index (χ2v) is 13.2. The number of amides is 4. The van der Waals surface area contributed by atoms with Gasteiger partial charge >= 0.3 is 0 Å². The van der Waals surface area contributed by atoms with E-state index in [2.05, 4.69) is 0 Å². The van der Waals surface area contributed by atoms with Crippen LogP contribution < -0.4 is 9.64 Å². The number of carbonyl (C=O) groups is 4.